The van der Waals surface area contributed by atoms with Crippen molar-refractivity contribution in [2.24, 2.45) is 5.14 Å². The SMILES string of the molecule is Cl.Nc1nc(N2CCN(S(N)(=O)=O)CC2)cnc1-c1cccc(Cl)c1Cl. The summed E-state index contributed by atoms with van der Waals surface area (Å²) >= 11 is 12.2. The molecular weight excluding hydrogens is 423 g/mol. The van der Waals surface area contributed by atoms with Crippen molar-refractivity contribution in [3.05, 3.63) is 34.4 Å². The molecule has 4 N–H and O–H groups in total. The summed E-state index contributed by atoms with van der Waals surface area (Å²) in [5, 5.41) is 5.90. The van der Waals surface area contributed by atoms with Crippen LogP contribution in [-0.2, 0) is 10.2 Å². The predicted octanol–water partition coefficient (Wildman–Crippen LogP) is 1.78. The Balaban J connectivity index is 0.00000243. The second-order valence-corrected chi connectivity index (χ2v) is 7.83. The molecule has 0 spiro atoms. The standard InChI is InChI=1S/C14H16Cl2N6O2S.ClH/c15-10-3-1-2-9(12(10)16)13-14(17)20-11(8-19-13)21-4-6-22(7-5-21)25(18,23)24;/h1-3,8H,4-7H2,(H2,17,20)(H2,18,23,24);1H. The van der Waals surface area contributed by atoms with Crippen molar-refractivity contribution in [1.82, 2.24) is 14.3 Å². The molecule has 26 heavy (non-hydrogen) atoms. The molecule has 1 aromatic carbocycles. The number of nitrogen functional groups attached to an aromatic ring is 1. The number of aromatic nitrogens is 2. The first kappa shape index (κ1) is 20.9. The number of hydrogen-bond acceptors (Lipinski definition) is 6. The van der Waals surface area contributed by atoms with Gasteiger partial charge in [0.25, 0.3) is 10.2 Å². The van der Waals surface area contributed by atoms with Crippen molar-refractivity contribution >= 4 is 57.5 Å². The van der Waals surface area contributed by atoms with E-state index >= 15 is 0 Å². The van der Waals surface area contributed by atoms with Crippen LogP contribution in [-0.4, -0.2) is 48.9 Å². The van der Waals surface area contributed by atoms with E-state index in [1.807, 2.05) is 4.90 Å². The van der Waals surface area contributed by atoms with Crippen LogP contribution < -0.4 is 15.8 Å². The molecule has 2 aromatic rings. The van der Waals surface area contributed by atoms with Gasteiger partial charge in [-0.1, -0.05) is 35.3 Å². The number of anilines is 2. The van der Waals surface area contributed by atoms with E-state index in [4.69, 9.17) is 34.1 Å². The fraction of sp³-hybridized carbons (Fsp3) is 0.286. The second-order valence-electron chi connectivity index (χ2n) is 5.49. The lowest BCUT2D eigenvalue weighted by atomic mass is 10.1. The third-order valence-electron chi connectivity index (χ3n) is 3.92. The van der Waals surface area contributed by atoms with E-state index in [9.17, 15) is 8.42 Å². The summed E-state index contributed by atoms with van der Waals surface area (Å²) in [5.74, 6) is 0.781. The van der Waals surface area contributed by atoms with Crippen LogP contribution in [0.3, 0.4) is 0 Å². The average Bonchev–Trinajstić information content (AvgIpc) is 2.57. The van der Waals surface area contributed by atoms with Crippen LogP contribution in [0.5, 0.6) is 0 Å². The minimum atomic E-state index is -3.67. The number of benzene rings is 1. The summed E-state index contributed by atoms with van der Waals surface area (Å²) in [6, 6.07) is 5.19. The highest BCUT2D eigenvalue weighted by molar-refractivity contribution is 7.86. The Morgan fingerprint density at radius 2 is 1.77 bits per heavy atom. The quantitative estimate of drug-likeness (QED) is 0.752. The Morgan fingerprint density at radius 1 is 1.12 bits per heavy atom. The van der Waals surface area contributed by atoms with Gasteiger partial charge in [0.05, 0.1) is 16.2 Å². The molecule has 2 heterocycles. The zero-order valence-corrected chi connectivity index (χ0v) is 16.6. The molecule has 1 saturated heterocycles. The van der Waals surface area contributed by atoms with Gasteiger partial charge < -0.3 is 10.6 Å². The van der Waals surface area contributed by atoms with Gasteiger partial charge in [-0.15, -0.1) is 12.4 Å². The van der Waals surface area contributed by atoms with Gasteiger partial charge in [-0.3, -0.25) is 0 Å². The Bertz CT molecular complexity index is 904. The molecule has 142 valence electrons. The van der Waals surface area contributed by atoms with Crippen LogP contribution in [0.15, 0.2) is 24.4 Å². The Morgan fingerprint density at radius 3 is 2.35 bits per heavy atom. The summed E-state index contributed by atoms with van der Waals surface area (Å²) in [6.07, 6.45) is 1.58. The van der Waals surface area contributed by atoms with Crippen molar-refractivity contribution < 1.29 is 8.42 Å². The van der Waals surface area contributed by atoms with E-state index in [1.165, 1.54) is 4.31 Å². The number of hydrogen-bond donors (Lipinski definition) is 2. The van der Waals surface area contributed by atoms with E-state index in [0.717, 1.165) is 0 Å². The normalized spacial score (nSPS) is 15.6. The zero-order chi connectivity index (χ0) is 18.2. The van der Waals surface area contributed by atoms with Crippen molar-refractivity contribution in [3.63, 3.8) is 0 Å². The third-order valence-corrected chi connectivity index (χ3v) is 5.82. The van der Waals surface area contributed by atoms with E-state index in [1.54, 1.807) is 24.4 Å². The lowest BCUT2D eigenvalue weighted by Crippen LogP contribution is -2.51. The van der Waals surface area contributed by atoms with E-state index in [2.05, 4.69) is 9.97 Å². The molecule has 1 aliphatic rings. The first-order valence-corrected chi connectivity index (χ1v) is 9.63. The summed E-state index contributed by atoms with van der Waals surface area (Å²) < 4.78 is 23.9. The van der Waals surface area contributed by atoms with Gasteiger partial charge in [0.15, 0.2) is 5.82 Å². The lowest BCUT2D eigenvalue weighted by Gasteiger charge is -2.33. The molecule has 0 radical (unpaired) electrons. The fourth-order valence-corrected chi connectivity index (χ4v) is 3.67. The van der Waals surface area contributed by atoms with E-state index in [0.29, 0.717) is 40.2 Å². The minimum Gasteiger partial charge on any atom is -0.382 e. The lowest BCUT2D eigenvalue weighted by molar-refractivity contribution is 0.384. The van der Waals surface area contributed by atoms with Gasteiger partial charge in [-0.05, 0) is 6.07 Å². The molecule has 1 aliphatic heterocycles. The van der Waals surface area contributed by atoms with Gasteiger partial charge >= 0.3 is 0 Å². The molecule has 1 fully saturated rings. The molecule has 0 unspecified atom stereocenters. The predicted molar refractivity (Wildman–Crippen MR) is 106 cm³/mol. The highest BCUT2D eigenvalue weighted by Crippen LogP contribution is 2.35. The molecule has 1 aromatic heterocycles. The van der Waals surface area contributed by atoms with Crippen molar-refractivity contribution in [3.8, 4) is 11.3 Å². The zero-order valence-electron chi connectivity index (χ0n) is 13.5. The van der Waals surface area contributed by atoms with Gasteiger partial charge in [0, 0.05) is 31.7 Å². The van der Waals surface area contributed by atoms with Gasteiger partial charge in [-0.25, -0.2) is 15.1 Å². The van der Waals surface area contributed by atoms with Crippen LogP contribution in [0.25, 0.3) is 11.3 Å². The molecular formula is C14H17Cl3N6O2S. The Labute approximate surface area is 167 Å². The highest BCUT2D eigenvalue weighted by atomic mass is 35.5. The van der Waals surface area contributed by atoms with E-state index in [-0.39, 0.29) is 31.3 Å². The molecule has 0 atom stereocenters. The highest BCUT2D eigenvalue weighted by Gasteiger charge is 2.25. The summed E-state index contributed by atoms with van der Waals surface area (Å²) in [7, 11) is -3.67. The molecule has 0 saturated carbocycles. The molecule has 0 amide bonds. The number of halogens is 3. The Kier molecular flexibility index (Phi) is 6.54. The van der Waals surface area contributed by atoms with Crippen molar-refractivity contribution in [1.29, 1.82) is 0 Å². The van der Waals surface area contributed by atoms with Gasteiger partial charge in [0.2, 0.25) is 0 Å². The summed E-state index contributed by atoms with van der Waals surface area (Å²) in [4.78, 5) is 10.6. The summed E-state index contributed by atoms with van der Waals surface area (Å²) in [6.45, 7) is 1.45. The second kappa shape index (κ2) is 8.12. The summed E-state index contributed by atoms with van der Waals surface area (Å²) in [5.41, 5.74) is 7.09. The van der Waals surface area contributed by atoms with Crippen LogP contribution in [0.4, 0.5) is 11.6 Å². The van der Waals surface area contributed by atoms with Crippen LogP contribution in [0, 0.1) is 0 Å². The van der Waals surface area contributed by atoms with Crippen LogP contribution in [0.2, 0.25) is 10.0 Å². The number of piperazine rings is 1. The fourth-order valence-electron chi connectivity index (χ4n) is 2.61. The maximum atomic E-state index is 11.4. The van der Waals surface area contributed by atoms with Crippen LogP contribution in [0.1, 0.15) is 0 Å². The number of rotatable bonds is 3. The largest absolute Gasteiger partial charge is 0.382 e. The minimum absolute atomic E-state index is 0. The molecule has 0 bridgehead atoms. The Hall–Kier alpha value is -1.36. The number of nitrogens with two attached hydrogens (primary N) is 2. The average molecular weight is 440 g/mol. The van der Waals surface area contributed by atoms with Crippen molar-refractivity contribution in [2.75, 3.05) is 36.8 Å². The first-order valence-electron chi connectivity index (χ1n) is 7.37. The van der Waals surface area contributed by atoms with Gasteiger partial charge in [-0.2, -0.15) is 12.7 Å². The van der Waals surface area contributed by atoms with E-state index < -0.39 is 10.2 Å². The maximum absolute atomic E-state index is 11.4. The maximum Gasteiger partial charge on any atom is 0.277 e. The molecule has 8 nitrogen and oxygen atoms in total. The van der Waals surface area contributed by atoms with Crippen LogP contribution >= 0.6 is 35.6 Å². The third kappa shape index (κ3) is 4.30. The monoisotopic (exact) mass is 438 g/mol. The molecule has 12 heteroatoms. The molecule has 3 rings (SSSR count). The first-order chi connectivity index (χ1) is 11.8. The number of nitrogens with zero attached hydrogens (tertiary/aromatic N) is 4. The van der Waals surface area contributed by atoms with Gasteiger partial charge in [0.1, 0.15) is 11.5 Å². The smallest absolute Gasteiger partial charge is 0.277 e. The molecule has 0 aliphatic carbocycles. The topological polar surface area (TPSA) is 118 Å². The van der Waals surface area contributed by atoms with Crippen molar-refractivity contribution in [2.45, 2.75) is 0 Å².